The predicted molar refractivity (Wildman–Crippen MR) is 66.9 cm³/mol. The van der Waals surface area contributed by atoms with Crippen molar-refractivity contribution in [2.24, 2.45) is 0 Å². The molecule has 1 fully saturated rings. The van der Waals surface area contributed by atoms with Gasteiger partial charge in [0.15, 0.2) is 12.0 Å². The monoisotopic (exact) mass is 281 g/mol. The number of aryl methyl sites for hydroxylation is 1. The number of ether oxygens (including phenoxy) is 2. The number of carboxylic acid groups (broad SMARTS) is 2. The van der Waals surface area contributed by atoms with Gasteiger partial charge in [-0.2, -0.15) is 0 Å². The van der Waals surface area contributed by atoms with Crippen molar-refractivity contribution in [2.45, 2.75) is 26.6 Å². The summed E-state index contributed by atoms with van der Waals surface area (Å²) >= 11 is 0. The minimum absolute atomic E-state index is 0.314. The van der Waals surface area contributed by atoms with Gasteiger partial charge in [-0.15, -0.1) is 0 Å². The number of aromatic carboxylic acids is 2. The maximum atomic E-state index is 11.3. The van der Waals surface area contributed by atoms with Gasteiger partial charge in [-0.3, -0.25) is 0 Å². The fraction of sp³-hybridized carbons (Fsp3) is 0.462. The highest BCUT2D eigenvalue weighted by molar-refractivity contribution is 6.01. The highest BCUT2D eigenvalue weighted by Gasteiger charge is 2.29. The molecule has 2 heterocycles. The topological polar surface area (TPSA) is 106 Å². The molecule has 1 aromatic heterocycles. The third kappa shape index (κ3) is 2.50. The molecular weight excluding hydrogens is 266 g/mol. The van der Waals surface area contributed by atoms with Gasteiger partial charge in [-0.1, -0.05) is 0 Å². The molecule has 108 valence electrons. The van der Waals surface area contributed by atoms with Crippen LogP contribution < -0.4 is 0 Å². The zero-order valence-corrected chi connectivity index (χ0v) is 11.2. The number of hydrogen-bond acceptors (Lipinski definition) is 5. The molecule has 0 aromatic carbocycles. The first-order valence-electron chi connectivity index (χ1n) is 6.14. The van der Waals surface area contributed by atoms with Crippen molar-refractivity contribution < 1.29 is 29.3 Å². The van der Waals surface area contributed by atoms with E-state index in [0.29, 0.717) is 30.0 Å². The Bertz CT molecular complexity index is 562. The van der Waals surface area contributed by atoms with E-state index in [1.807, 2.05) is 0 Å². The molecule has 0 aliphatic carbocycles. The van der Waals surface area contributed by atoms with Crippen LogP contribution >= 0.6 is 0 Å². The Morgan fingerprint density at radius 1 is 1.15 bits per heavy atom. The summed E-state index contributed by atoms with van der Waals surface area (Å²) in [6.45, 7) is 4.17. The summed E-state index contributed by atoms with van der Waals surface area (Å²) in [6, 6.07) is 0. The molecule has 0 unspecified atom stereocenters. The summed E-state index contributed by atoms with van der Waals surface area (Å²) in [6.07, 6.45) is 0.0679. The molecule has 1 saturated heterocycles. The van der Waals surface area contributed by atoms with Crippen LogP contribution in [0.5, 0.6) is 0 Å². The summed E-state index contributed by atoms with van der Waals surface area (Å²) in [5, 5.41) is 18.3. The van der Waals surface area contributed by atoms with Gasteiger partial charge in [0.05, 0.1) is 18.8 Å². The Kier molecular flexibility index (Phi) is 4.01. The van der Waals surface area contributed by atoms with Crippen molar-refractivity contribution in [2.75, 3.05) is 13.2 Å². The summed E-state index contributed by atoms with van der Waals surface area (Å²) in [7, 11) is 0. The van der Waals surface area contributed by atoms with E-state index in [-0.39, 0.29) is 5.56 Å². The number of rotatable bonds is 3. The molecule has 0 amide bonds. The third-order valence-corrected chi connectivity index (χ3v) is 3.16. The van der Waals surface area contributed by atoms with Gasteiger partial charge >= 0.3 is 11.9 Å². The zero-order valence-electron chi connectivity index (χ0n) is 11.2. The molecule has 1 aliphatic rings. The molecule has 2 rings (SSSR count). The fourth-order valence-corrected chi connectivity index (χ4v) is 2.29. The lowest BCUT2D eigenvalue weighted by Crippen LogP contribution is -2.23. The normalized spacial score (nSPS) is 16.1. The quantitative estimate of drug-likeness (QED) is 0.865. The molecule has 7 nitrogen and oxygen atoms in total. The first kappa shape index (κ1) is 14.4. The maximum Gasteiger partial charge on any atom is 0.355 e. The van der Waals surface area contributed by atoms with Crippen LogP contribution in [0.2, 0.25) is 0 Å². The van der Waals surface area contributed by atoms with Gasteiger partial charge in [0.2, 0.25) is 0 Å². The van der Waals surface area contributed by atoms with Crippen molar-refractivity contribution >= 4 is 11.9 Å². The average molecular weight is 281 g/mol. The lowest BCUT2D eigenvalue weighted by Gasteiger charge is -2.26. The van der Waals surface area contributed by atoms with E-state index in [2.05, 4.69) is 4.98 Å². The lowest BCUT2D eigenvalue weighted by molar-refractivity contribution is -0.183. The Morgan fingerprint density at radius 3 is 2.25 bits per heavy atom. The van der Waals surface area contributed by atoms with Crippen molar-refractivity contribution in [1.82, 2.24) is 4.98 Å². The highest BCUT2D eigenvalue weighted by Crippen LogP contribution is 2.30. The Labute approximate surface area is 115 Å². The first-order chi connectivity index (χ1) is 9.43. The van der Waals surface area contributed by atoms with Gasteiger partial charge in [0.1, 0.15) is 0 Å². The van der Waals surface area contributed by atoms with Crippen LogP contribution in [0.1, 0.15) is 50.4 Å². The third-order valence-electron chi connectivity index (χ3n) is 3.16. The minimum atomic E-state index is -1.37. The van der Waals surface area contributed by atoms with Gasteiger partial charge in [-0.25, -0.2) is 14.6 Å². The second-order valence-corrected chi connectivity index (χ2v) is 4.50. The van der Waals surface area contributed by atoms with E-state index in [9.17, 15) is 14.7 Å². The predicted octanol–water partition coefficient (Wildman–Crippen LogP) is 1.53. The summed E-state index contributed by atoms with van der Waals surface area (Å²) in [5.74, 6) is -2.70. The molecule has 20 heavy (non-hydrogen) atoms. The van der Waals surface area contributed by atoms with Crippen LogP contribution in [-0.2, 0) is 9.47 Å². The standard InChI is InChI=1S/C13H15NO6/c1-6-8(13-19-4-3-5-20-13)7(2)14-10(12(17)18)9(6)11(15)16/h13H,3-5H2,1-2H3,(H,15,16)(H,17,18). The van der Waals surface area contributed by atoms with Crippen molar-refractivity contribution in [3.8, 4) is 0 Å². The minimum Gasteiger partial charge on any atom is -0.478 e. The SMILES string of the molecule is Cc1nc(C(=O)O)c(C(=O)O)c(C)c1C1OCCCO1. The number of carboxylic acids is 2. The molecule has 0 saturated carbocycles. The molecule has 7 heteroatoms. The lowest BCUT2D eigenvalue weighted by atomic mass is 9.98. The largest absolute Gasteiger partial charge is 0.478 e. The number of hydrogen-bond donors (Lipinski definition) is 2. The highest BCUT2D eigenvalue weighted by atomic mass is 16.7. The van der Waals surface area contributed by atoms with E-state index in [1.54, 1.807) is 13.8 Å². The van der Waals surface area contributed by atoms with Crippen molar-refractivity contribution in [3.05, 3.63) is 28.1 Å². The number of carbonyl (C=O) groups is 2. The van der Waals surface area contributed by atoms with E-state index < -0.39 is 23.9 Å². The number of aromatic nitrogens is 1. The second kappa shape index (κ2) is 5.56. The van der Waals surface area contributed by atoms with Gasteiger partial charge < -0.3 is 19.7 Å². The zero-order chi connectivity index (χ0) is 14.9. The van der Waals surface area contributed by atoms with Crippen LogP contribution in [0.15, 0.2) is 0 Å². The van der Waals surface area contributed by atoms with Crippen LogP contribution in [0.4, 0.5) is 0 Å². The van der Waals surface area contributed by atoms with Crippen LogP contribution in [0.25, 0.3) is 0 Å². The van der Waals surface area contributed by atoms with Crippen molar-refractivity contribution in [1.29, 1.82) is 0 Å². The van der Waals surface area contributed by atoms with Crippen LogP contribution in [0, 0.1) is 13.8 Å². The van der Waals surface area contributed by atoms with E-state index in [4.69, 9.17) is 14.6 Å². The second-order valence-electron chi connectivity index (χ2n) is 4.50. The molecule has 0 bridgehead atoms. The van der Waals surface area contributed by atoms with Gasteiger partial charge in [0.25, 0.3) is 0 Å². The molecule has 1 aliphatic heterocycles. The summed E-state index contributed by atoms with van der Waals surface area (Å²) in [4.78, 5) is 26.3. The fourth-order valence-electron chi connectivity index (χ4n) is 2.29. The van der Waals surface area contributed by atoms with Crippen molar-refractivity contribution in [3.63, 3.8) is 0 Å². The Hall–Kier alpha value is -1.99. The van der Waals surface area contributed by atoms with Gasteiger partial charge in [0, 0.05) is 11.3 Å². The molecule has 1 aromatic rings. The summed E-state index contributed by atoms with van der Waals surface area (Å²) < 4.78 is 10.9. The van der Waals surface area contributed by atoms with Gasteiger partial charge in [-0.05, 0) is 25.8 Å². The Morgan fingerprint density at radius 2 is 1.75 bits per heavy atom. The number of pyridine rings is 1. The average Bonchev–Trinajstić information content (AvgIpc) is 2.38. The molecular formula is C13H15NO6. The maximum absolute atomic E-state index is 11.3. The molecule has 0 spiro atoms. The van der Waals surface area contributed by atoms with E-state index >= 15 is 0 Å². The van der Waals surface area contributed by atoms with Crippen LogP contribution in [-0.4, -0.2) is 40.3 Å². The number of nitrogens with zero attached hydrogens (tertiary/aromatic N) is 1. The van der Waals surface area contributed by atoms with E-state index in [1.165, 1.54) is 0 Å². The smallest absolute Gasteiger partial charge is 0.355 e. The molecule has 0 radical (unpaired) electrons. The Balaban J connectivity index is 2.61. The van der Waals surface area contributed by atoms with Crippen LogP contribution in [0.3, 0.4) is 0 Å². The first-order valence-corrected chi connectivity index (χ1v) is 6.14. The van der Waals surface area contributed by atoms with E-state index in [0.717, 1.165) is 6.42 Å². The summed E-state index contributed by atoms with van der Waals surface area (Å²) in [5.41, 5.74) is 0.418. The molecule has 2 N–H and O–H groups in total. The molecule has 0 atom stereocenters.